The highest BCUT2D eigenvalue weighted by molar-refractivity contribution is 4.84. The fourth-order valence-corrected chi connectivity index (χ4v) is 3.46. The van der Waals surface area contributed by atoms with Crippen LogP contribution >= 0.6 is 0 Å². The highest BCUT2D eigenvalue weighted by Crippen LogP contribution is 2.35. The monoisotopic (exact) mass is 255 g/mol. The van der Waals surface area contributed by atoms with Crippen molar-refractivity contribution in [1.29, 1.82) is 0 Å². The van der Waals surface area contributed by atoms with Crippen LogP contribution in [0.5, 0.6) is 0 Å². The van der Waals surface area contributed by atoms with Gasteiger partial charge in [0.25, 0.3) is 0 Å². The summed E-state index contributed by atoms with van der Waals surface area (Å²) < 4.78 is 5.68. The van der Waals surface area contributed by atoms with Crippen LogP contribution in [0.3, 0.4) is 0 Å². The molecule has 0 amide bonds. The Balaban J connectivity index is 2.42. The SMILES string of the molecule is CCCOCCC(NCC)C1CCCCC1CC. The van der Waals surface area contributed by atoms with Gasteiger partial charge in [-0.25, -0.2) is 0 Å². The molecule has 0 heterocycles. The van der Waals surface area contributed by atoms with E-state index in [9.17, 15) is 0 Å². The minimum absolute atomic E-state index is 0.678. The van der Waals surface area contributed by atoms with Gasteiger partial charge < -0.3 is 10.1 Å². The molecule has 0 aromatic heterocycles. The van der Waals surface area contributed by atoms with Gasteiger partial charge in [0.05, 0.1) is 0 Å². The summed E-state index contributed by atoms with van der Waals surface area (Å²) in [5, 5.41) is 3.71. The molecule has 0 aliphatic heterocycles. The first-order valence-corrected chi connectivity index (χ1v) is 8.14. The molecule has 3 atom stereocenters. The molecule has 1 rings (SSSR count). The lowest BCUT2D eigenvalue weighted by Crippen LogP contribution is -2.41. The molecule has 3 unspecified atom stereocenters. The zero-order valence-electron chi connectivity index (χ0n) is 12.7. The van der Waals surface area contributed by atoms with Crippen molar-refractivity contribution in [1.82, 2.24) is 5.32 Å². The molecular formula is C16H33NO. The van der Waals surface area contributed by atoms with E-state index in [0.717, 1.165) is 38.0 Å². The van der Waals surface area contributed by atoms with Gasteiger partial charge in [0.1, 0.15) is 0 Å². The number of rotatable bonds is 9. The molecule has 2 nitrogen and oxygen atoms in total. The van der Waals surface area contributed by atoms with Crippen LogP contribution in [0.15, 0.2) is 0 Å². The van der Waals surface area contributed by atoms with Crippen molar-refractivity contribution in [3.63, 3.8) is 0 Å². The van der Waals surface area contributed by atoms with E-state index >= 15 is 0 Å². The second kappa shape index (κ2) is 9.80. The Kier molecular flexibility index (Phi) is 8.70. The van der Waals surface area contributed by atoms with Gasteiger partial charge in [0, 0.05) is 19.3 Å². The Bertz CT molecular complexity index is 196. The Morgan fingerprint density at radius 1 is 1.11 bits per heavy atom. The molecule has 0 radical (unpaired) electrons. The van der Waals surface area contributed by atoms with Crippen LogP contribution in [0.1, 0.15) is 65.7 Å². The average molecular weight is 255 g/mol. The molecule has 1 fully saturated rings. The van der Waals surface area contributed by atoms with Gasteiger partial charge in [-0.05, 0) is 37.6 Å². The number of hydrogen-bond acceptors (Lipinski definition) is 2. The summed E-state index contributed by atoms with van der Waals surface area (Å²) >= 11 is 0. The van der Waals surface area contributed by atoms with E-state index < -0.39 is 0 Å². The van der Waals surface area contributed by atoms with E-state index in [2.05, 4.69) is 26.1 Å². The second-order valence-electron chi connectivity index (χ2n) is 5.68. The van der Waals surface area contributed by atoms with E-state index in [1.165, 1.54) is 38.5 Å². The fraction of sp³-hybridized carbons (Fsp3) is 1.00. The van der Waals surface area contributed by atoms with Gasteiger partial charge in [-0.15, -0.1) is 0 Å². The van der Waals surface area contributed by atoms with Gasteiger partial charge in [0.2, 0.25) is 0 Å². The molecule has 0 aromatic carbocycles. The first kappa shape index (κ1) is 16.0. The molecule has 2 heteroatoms. The van der Waals surface area contributed by atoms with Crippen molar-refractivity contribution in [3.05, 3.63) is 0 Å². The number of hydrogen-bond donors (Lipinski definition) is 1. The van der Waals surface area contributed by atoms with Gasteiger partial charge in [0.15, 0.2) is 0 Å². The molecule has 108 valence electrons. The molecular weight excluding hydrogens is 222 g/mol. The average Bonchev–Trinajstić information content (AvgIpc) is 2.42. The van der Waals surface area contributed by atoms with Crippen LogP contribution in [0.25, 0.3) is 0 Å². The van der Waals surface area contributed by atoms with Crippen LogP contribution in [-0.2, 0) is 4.74 Å². The van der Waals surface area contributed by atoms with Crippen molar-refractivity contribution < 1.29 is 4.74 Å². The van der Waals surface area contributed by atoms with Crippen LogP contribution in [-0.4, -0.2) is 25.8 Å². The van der Waals surface area contributed by atoms with Crippen molar-refractivity contribution >= 4 is 0 Å². The lowest BCUT2D eigenvalue weighted by atomic mass is 9.73. The first-order chi connectivity index (χ1) is 8.83. The molecule has 1 saturated carbocycles. The first-order valence-electron chi connectivity index (χ1n) is 8.14. The molecule has 1 aliphatic rings. The van der Waals surface area contributed by atoms with Crippen molar-refractivity contribution in [2.75, 3.05) is 19.8 Å². The van der Waals surface area contributed by atoms with Crippen molar-refractivity contribution in [3.8, 4) is 0 Å². The Morgan fingerprint density at radius 3 is 2.56 bits per heavy atom. The third-order valence-electron chi connectivity index (χ3n) is 4.40. The minimum atomic E-state index is 0.678. The van der Waals surface area contributed by atoms with Crippen molar-refractivity contribution in [2.24, 2.45) is 11.8 Å². The second-order valence-corrected chi connectivity index (χ2v) is 5.68. The van der Waals surface area contributed by atoms with E-state index in [1.54, 1.807) is 0 Å². The van der Waals surface area contributed by atoms with E-state index in [0.29, 0.717) is 6.04 Å². The standard InChI is InChI=1S/C16H33NO/c1-4-12-18-13-11-16(17-6-3)15-10-8-7-9-14(15)5-2/h14-17H,4-13H2,1-3H3. The summed E-state index contributed by atoms with van der Waals surface area (Å²) in [6, 6.07) is 0.678. The van der Waals surface area contributed by atoms with Gasteiger partial charge in [-0.3, -0.25) is 0 Å². The molecule has 0 bridgehead atoms. The van der Waals surface area contributed by atoms with Crippen molar-refractivity contribution in [2.45, 2.75) is 71.8 Å². The van der Waals surface area contributed by atoms with Crippen LogP contribution in [0.2, 0.25) is 0 Å². The summed E-state index contributed by atoms with van der Waals surface area (Å²) in [5.41, 5.74) is 0. The van der Waals surface area contributed by atoms with Gasteiger partial charge in [-0.1, -0.05) is 46.5 Å². The third kappa shape index (κ3) is 5.27. The quantitative estimate of drug-likeness (QED) is 0.629. The Hall–Kier alpha value is -0.0800. The maximum Gasteiger partial charge on any atom is 0.0480 e. The Morgan fingerprint density at radius 2 is 1.89 bits per heavy atom. The molecule has 18 heavy (non-hydrogen) atoms. The highest BCUT2D eigenvalue weighted by Gasteiger charge is 2.29. The maximum absolute atomic E-state index is 5.68. The smallest absolute Gasteiger partial charge is 0.0480 e. The third-order valence-corrected chi connectivity index (χ3v) is 4.40. The number of nitrogens with one attached hydrogen (secondary N) is 1. The summed E-state index contributed by atoms with van der Waals surface area (Å²) in [6.07, 6.45) is 9.41. The molecule has 0 saturated heterocycles. The predicted octanol–water partition coefficient (Wildman–Crippen LogP) is 4.00. The van der Waals surface area contributed by atoms with Gasteiger partial charge >= 0.3 is 0 Å². The topological polar surface area (TPSA) is 21.3 Å². The summed E-state index contributed by atoms with van der Waals surface area (Å²) in [5.74, 6) is 1.82. The lowest BCUT2D eigenvalue weighted by molar-refractivity contribution is 0.0995. The van der Waals surface area contributed by atoms with E-state index in [-0.39, 0.29) is 0 Å². The summed E-state index contributed by atoms with van der Waals surface area (Å²) in [6.45, 7) is 9.70. The molecule has 0 spiro atoms. The molecule has 1 N–H and O–H groups in total. The van der Waals surface area contributed by atoms with Crippen LogP contribution < -0.4 is 5.32 Å². The van der Waals surface area contributed by atoms with Crippen LogP contribution in [0, 0.1) is 11.8 Å². The lowest BCUT2D eigenvalue weighted by Gasteiger charge is -2.37. The van der Waals surface area contributed by atoms with Crippen LogP contribution in [0.4, 0.5) is 0 Å². The maximum atomic E-state index is 5.68. The predicted molar refractivity (Wildman–Crippen MR) is 78.9 cm³/mol. The largest absolute Gasteiger partial charge is 0.381 e. The Labute approximate surface area is 114 Å². The zero-order chi connectivity index (χ0) is 13.2. The zero-order valence-corrected chi connectivity index (χ0v) is 12.7. The highest BCUT2D eigenvalue weighted by atomic mass is 16.5. The molecule has 0 aromatic rings. The van der Waals surface area contributed by atoms with E-state index in [4.69, 9.17) is 4.74 Å². The fourth-order valence-electron chi connectivity index (χ4n) is 3.46. The van der Waals surface area contributed by atoms with E-state index in [1.807, 2.05) is 0 Å². The number of ether oxygens (including phenoxy) is 1. The minimum Gasteiger partial charge on any atom is -0.381 e. The summed E-state index contributed by atoms with van der Waals surface area (Å²) in [4.78, 5) is 0. The van der Waals surface area contributed by atoms with Gasteiger partial charge in [-0.2, -0.15) is 0 Å². The normalized spacial score (nSPS) is 26.2. The molecule has 1 aliphatic carbocycles. The summed E-state index contributed by atoms with van der Waals surface area (Å²) in [7, 11) is 0.